The lowest BCUT2D eigenvalue weighted by Gasteiger charge is -2.20. The number of hydrazone groups is 1. The molecule has 0 bridgehead atoms. The summed E-state index contributed by atoms with van der Waals surface area (Å²) in [6.45, 7) is 4.35. The fourth-order valence-electron chi connectivity index (χ4n) is 3.95. The predicted molar refractivity (Wildman–Crippen MR) is 123 cm³/mol. The minimum atomic E-state index is -0.439. The number of amides is 1. The van der Waals surface area contributed by atoms with Crippen LogP contribution < -0.4 is 10.3 Å². The Bertz CT molecular complexity index is 1170. The molecule has 1 N–H and O–H groups in total. The number of nitro groups is 1. The fraction of sp³-hybridized carbons (Fsp3) is 0.250. The molecular weight excluding hydrogens is 408 g/mol. The average molecular weight is 432 g/mol. The highest BCUT2D eigenvalue weighted by molar-refractivity contribution is 6.10. The third-order valence-corrected chi connectivity index (χ3v) is 5.55. The van der Waals surface area contributed by atoms with Crippen LogP contribution in [0.3, 0.4) is 0 Å². The summed E-state index contributed by atoms with van der Waals surface area (Å²) in [5, 5.41) is 15.4. The smallest absolute Gasteiger partial charge is 0.294 e. The second-order valence-corrected chi connectivity index (χ2v) is 7.57. The Balaban J connectivity index is 1.62. The number of anilines is 2. The molecule has 2 aromatic carbocycles. The zero-order valence-corrected chi connectivity index (χ0v) is 18.0. The number of furan rings is 1. The van der Waals surface area contributed by atoms with Crippen LogP contribution in [0.25, 0.3) is 0 Å². The van der Waals surface area contributed by atoms with E-state index in [4.69, 9.17) is 4.42 Å². The molecule has 0 spiro atoms. The average Bonchev–Trinajstić information content (AvgIpc) is 3.16. The number of fused-ring (bicyclic) bond motifs is 1. The first-order valence-electron chi connectivity index (χ1n) is 10.6. The van der Waals surface area contributed by atoms with Crippen molar-refractivity contribution in [2.45, 2.75) is 33.1 Å². The van der Waals surface area contributed by atoms with Crippen molar-refractivity contribution in [2.75, 3.05) is 16.9 Å². The lowest BCUT2D eigenvalue weighted by molar-refractivity contribution is -0.384. The number of para-hydroxylation sites is 1. The molecule has 0 saturated carbocycles. The Morgan fingerprint density at radius 2 is 1.88 bits per heavy atom. The van der Waals surface area contributed by atoms with Crippen LogP contribution in [-0.2, 0) is 6.42 Å². The summed E-state index contributed by atoms with van der Waals surface area (Å²) in [4.78, 5) is 25.4. The number of aryl methyl sites for hydroxylation is 1. The van der Waals surface area contributed by atoms with E-state index in [1.807, 2.05) is 44.2 Å². The fourth-order valence-corrected chi connectivity index (χ4v) is 3.95. The summed E-state index contributed by atoms with van der Waals surface area (Å²) >= 11 is 0. The maximum Gasteiger partial charge on any atom is 0.294 e. The second kappa shape index (κ2) is 9.05. The number of nitrogens with zero attached hydrogens (tertiary/aromatic N) is 3. The van der Waals surface area contributed by atoms with Crippen molar-refractivity contribution in [3.63, 3.8) is 0 Å². The van der Waals surface area contributed by atoms with Crippen LogP contribution in [0, 0.1) is 17.0 Å². The van der Waals surface area contributed by atoms with Gasteiger partial charge < -0.3 is 9.32 Å². The van der Waals surface area contributed by atoms with Gasteiger partial charge in [0, 0.05) is 41.9 Å². The van der Waals surface area contributed by atoms with Crippen molar-refractivity contribution in [1.29, 1.82) is 0 Å². The van der Waals surface area contributed by atoms with Gasteiger partial charge in [0.25, 0.3) is 11.6 Å². The Labute approximate surface area is 185 Å². The maximum atomic E-state index is 13.3. The van der Waals surface area contributed by atoms with Gasteiger partial charge >= 0.3 is 0 Å². The number of benzene rings is 2. The molecule has 1 aliphatic carbocycles. The van der Waals surface area contributed by atoms with Gasteiger partial charge in [-0.1, -0.05) is 18.2 Å². The molecular formula is C24H24N4O4. The van der Waals surface area contributed by atoms with Crippen molar-refractivity contribution < 1.29 is 14.1 Å². The SMILES string of the molecule is CCN(C(=O)c1oc2c(c1C)/C(=N/Nc1ccc([N+](=O)[O-])cc1)CCC2)c1ccccc1. The van der Waals surface area contributed by atoms with E-state index in [0.717, 1.165) is 47.5 Å². The molecule has 0 unspecified atom stereocenters. The van der Waals surface area contributed by atoms with Gasteiger partial charge in [-0.2, -0.15) is 5.10 Å². The van der Waals surface area contributed by atoms with Crippen LogP contribution >= 0.6 is 0 Å². The van der Waals surface area contributed by atoms with Crippen LogP contribution in [0.1, 0.15) is 47.2 Å². The number of rotatable bonds is 6. The van der Waals surface area contributed by atoms with E-state index in [9.17, 15) is 14.9 Å². The molecule has 0 radical (unpaired) electrons. The summed E-state index contributed by atoms with van der Waals surface area (Å²) in [5.74, 6) is 0.935. The summed E-state index contributed by atoms with van der Waals surface area (Å²) < 4.78 is 6.05. The van der Waals surface area contributed by atoms with Crippen LogP contribution in [-0.4, -0.2) is 23.1 Å². The third-order valence-electron chi connectivity index (χ3n) is 5.55. The molecule has 8 heteroatoms. The Morgan fingerprint density at radius 3 is 2.53 bits per heavy atom. The van der Waals surface area contributed by atoms with Crippen molar-refractivity contribution >= 4 is 28.7 Å². The number of nitrogens with one attached hydrogen (secondary N) is 1. The summed E-state index contributed by atoms with van der Waals surface area (Å²) in [6.07, 6.45) is 2.36. The van der Waals surface area contributed by atoms with E-state index >= 15 is 0 Å². The van der Waals surface area contributed by atoms with E-state index in [1.165, 1.54) is 12.1 Å². The largest absolute Gasteiger partial charge is 0.455 e. The first-order chi connectivity index (χ1) is 15.5. The van der Waals surface area contributed by atoms with Crippen LogP contribution in [0.5, 0.6) is 0 Å². The highest BCUT2D eigenvalue weighted by Gasteiger charge is 2.30. The van der Waals surface area contributed by atoms with Gasteiger partial charge in [-0.25, -0.2) is 0 Å². The molecule has 1 aliphatic rings. The molecule has 3 aromatic rings. The van der Waals surface area contributed by atoms with Crippen molar-refractivity contribution in [2.24, 2.45) is 5.10 Å². The van der Waals surface area contributed by atoms with Crippen molar-refractivity contribution in [3.05, 3.63) is 87.4 Å². The highest BCUT2D eigenvalue weighted by atomic mass is 16.6. The van der Waals surface area contributed by atoms with Gasteiger partial charge in [0.05, 0.1) is 16.3 Å². The maximum absolute atomic E-state index is 13.3. The van der Waals surface area contributed by atoms with Gasteiger partial charge in [-0.15, -0.1) is 0 Å². The molecule has 1 aromatic heterocycles. The molecule has 164 valence electrons. The van der Waals surface area contributed by atoms with E-state index < -0.39 is 4.92 Å². The lowest BCUT2D eigenvalue weighted by Crippen LogP contribution is -2.30. The monoisotopic (exact) mass is 432 g/mol. The second-order valence-electron chi connectivity index (χ2n) is 7.57. The van der Waals surface area contributed by atoms with Gasteiger partial charge in [0.15, 0.2) is 5.76 Å². The van der Waals surface area contributed by atoms with Crippen LogP contribution in [0.2, 0.25) is 0 Å². The summed E-state index contributed by atoms with van der Waals surface area (Å²) in [5.41, 5.74) is 6.93. The predicted octanol–water partition coefficient (Wildman–Crippen LogP) is 5.32. The number of hydrogen-bond acceptors (Lipinski definition) is 6. The molecule has 0 saturated heterocycles. The van der Waals surface area contributed by atoms with Gasteiger partial charge in [-0.05, 0) is 51.0 Å². The zero-order valence-electron chi connectivity index (χ0n) is 18.0. The van der Waals surface area contributed by atoms with Crippen LogP contribution in [0.15, 0.2) is 64.1 Å². The van der Waals surface area contributed by atoms with E-state index in [2.05, 4.69) is 10.5 Å². The summed E-state index contributed by atoms with van der Waals surface area (Å²) in [7, 11) is 0. The number of non-ortho nitro benzene ring substituents is 1. The van der Waals surface area contributed by atoms with E-state index in [-0.39, 0.29) is 11.6 Å². The quantitative estimate of drug-likeness (QED) is 0.420. The number of hydrogen-bond donors (Lipinski definition) is 1. The molecule has 0 fully saturated rings. The Morgan fingerprint density at radius 1 is 1.16 bits per heavy atom. The van der Waals surface area contributed by atoms with Crippen molar-refractivity contribution in [1.82, 2.24) is 0 Å². The highest BCUT2D eigenvalue weighted by Crippen LogP contribution is 2.31. The van der Waals surface area contributed by atoms with Gasteiger partial charge in [-0.3, -0.25) is 20.3 Å². The zero-order chi connectivity index (χ0) is 22.7. The number of carbonyl (C=O) groups is 1. The van der Waals surface area contributed by atoms with Crippen LogP contribution in [0.4, 0.5) is 17.1 Å². The first kappa shape index (κ1) is 21.3. The molecule has 0 atom stereocenters. The molecule has 4 rings (SSSR count). The topological polar surface area (TPSA) is 101 Å². The minimum absolute atomic E-state index is 0.0240. The normalized spacial score (nSPS) is 14.1. The van der Waals surface area contributed by atoms with E-state index in [0.29, 0.717) is 18.0 Å². The molecule has 8 nitrogen and oxygen atoms in total. The number of carbonyl (C=O) groups excluding carboxylic acids is 1. The van der Waals surface area contributed by atoms with E-state index in [1.54, 1.807) is 17.0 Å². The Hall–Kier alpha value is -3.94. The third kappa shape index (κ3) is 4.12. The molecule has 1 heterocycles. The first-order valence-corrected chi connectivity index (χ1v) is 10.6. The van der Waals surface area contributed by atoms with Gasteiger partial charge in [0.1, 0.15) is 5.76 Å². The molecule has 1 amide bonds. The lowest BCUT2D eigenvalue weighted by atomic mass is 9.93. The standard InChI is InChI=1S/C24H24N4O4/c1-3-27(18-8-5-4-6-9-18)24(29)23-16(2)22-20(10-7-11-21(22)32-23)26-25-17-12-14-19(15-13-17)28(30)31/h4-6,8-9,12-15,25H,3,7,10-11H2,1-2H3/b26-20+. The Kier molecular flexibility index (Phi) is 6.02. The molecule has 32 heavy (non-hydrogen) atoms. The number of nitro benzene ring substituents is 1. The molecule has 0 aliphatic heterocycles. The minimum Gasteiger partial charge on any atom is -0.455 e. The van der Waals surface area contributed by atoms with Crippen molar-refractivity contribution in [3.8, 4) is 0 Å². The summed E-state index contributed by atoms with van der Waals surface area (Å²) in [6, 6.07) is 15.6. The van der Waals surface area contributed by atoms with Gasteiger partial charge in [0.2, 0.25) is 0 Å².